The Kier molecular flexibility index (Phi) is 4.73. The van der Waals surface area contributed by atoms with Gasteiger partial charge in [0, 0.05) is 0 Å². The van der Waals surface area contributed by atoms with Crippen molar-refractivity contribution in [3.05, 3.63) is 24.8 Å². The lowest BCUT2D eigenvalue weighted by Gasteiger charge is -2.15. The standard InChI is InChI=1S/C13H19NO3/c1-5-10(15-9-14)7-8-12-11(6-2)16-13(3,4)17-12/h6-8,10-12H,2,5H2,1,3-4H3/b8-7+/t10-,11-,12-/m0/s1. The van der Waals surface area contributed by atoms with Crippen LogP contribution >= 0.6 is 0 Å². The van der Waals surface area contributed by atoms with Crippen LogP contribution in [0.5, 0.6) is 0 Å². The normalized spacial score (nSPS) is 28.8. The Morgan fingerprint density at radius 2 is 2.12 bits per heavy atom. The molecule has 1 aliphatic heterocycles. The zero-order chi connectivity index (χ0) is 12.9. The Balaban J connectivity index is 2.64. The molecule has 1 rings (SSSR count). The van der Waals surface area contributed by atoms with Gasteiger partial charge in [-0.1, -0.05) is 19.1 Å². The van der Waals surface area contributed by atoms with Gasteiger partial charge in [-0.05, 0) is 26.3 Å². The molecule has 0 amide bonds. The average molecular weight is 237 g/mol. The SMILES string of the molecule is C=C[C@@H]1OC(C)(C)O[C@H]1/C=C/[C@H](CC)OC#N. The minimum Gasteiger partial charge on any atom is -0.420 e. The molecule has 0 aromatic heterocycles. The summed E-state index contributed by atoms with van der Waals surface area (Å²) in [5.41, 5.74) is 0. The molecule has 0 aromatic rings. The first kappa shape index (κ1) is 13.8. The molecule has 1 heterocycles. The van der Waals surface area contributed by atoms with Crippen molar-refractivity contribution in [3.8, 4) is 6.26 Å². The second-order valence-electron chi connectivity index (χ2n) is 4.34. The molecule has 0 saturated carbocycles. The maximum Gasteiger partial charge on any atom is 0.286 e. The van der Waals surface area contributed by atoms with Crippen molar-refractivity contribution in [2.75, 3.05) is 0 Å². The van der Waals surface area contributed by atoms with Crippen molar-refractivity contribution in [3.63, 3.8) is 0 Å². The maximum absolute atomic E-state index is 8.46. The van der Waals surface area contributed by atoms with Crippen LogP contribution in [0.3, 0.4) is 0 Å². The van der Waals surface area contributed by atoms with Crippen LogP contribution in [-0.2, 0) is 14.2 Å². The van der Waals surface area contributed by atoms with Crippen LogP contribution in [0.1, 0.15) is 27.2 Å². The van der Waals surface area contributed by atoms with E-state index < -0.39 is 5.79 Å². The predicted octanol–water partition coefficient (Wildman–Crippen LogP) is 2.52. The van der Waals surface area contributed by atoms with Gasteiger partial charge in [-0.25, -0.2) is 0 Å². The van der Waals surface area contributed by atoms with Gasteiger partial charge in [-0.2, -0.15) is 5.26 Å². The van der Waals surface area contributed by atoms with E-state index in [0.717, 1.165) is 6.42 Å². The second kappa shape index (κ2) is 5.85. The topological polar surface area (TPSA) is 51.5 Å². The molecule has 17 heavy (non-hydrogen) atoms. The van der Waals surface area contributed by atoms with Crippen LogP contribution in [0.25, 0.3) is 0 Å². The molecular weight excluding hydrogens is 218 g/mol. The molecule has 0 bridgehead atoms. The molecule has 4 heteroatoms. The quantitative estimate of drug-likeness (QED) is 0.544. The number of nitriles is 1. The molecule has 94 valence electrons. The van der Waals surface area contributed by atoms with E-state index in [9.17, 15) is 0 Å². The van der Waals surface area contributed by atoms with E-state index in [-0.39, 0.29) is 18.3 Å². The first-order valence-corrected chi connectivity index (χ1v) is 5.73. The van der Waals surface area contributed by atoms with Crippen molar-refractivity contribution < 1.29 is 14.2 Å². The Labute approximate surface area is 102 Å². The third kappa shape index (κ3) is 3.88. The van der Waals surface area contributed by atoms with Crippen molar-refractivity contribution in [1.82, 2.24) is 0 Å². The molecule has 3 atom stereocenters. The second-order valence-corrected chi connectivity index (χ2v) is 4.34. The predicted molar refractivity (Wildman–Crippen MR) is 63.9 cm³/mol. The van der Waals surface area contributed by atoms with Crippen molar-refractivity contribution in [2.45, 2.75) is 51.3 Å². The van der Waals surface area contributed by atoms with Gasteiger partial charge in [0.2, 0.25) is 0 Å². The van der Waals surface area contributed by atoms with Gasteiger partial charge in [0.25, 0.3) is 6.26 Å². The van der Waals surface area contributed by atoms with E-state index in [1.54, 1.807) is 12.3 Å². The molecule has 4 nitrogen and oxygen atoms in total. The molecule has 0 spiro atoms. The minimum absolute atomic E-state index is 0.166. The van der Waals surface area contributed by atoms with Gasteiger partial charge in [-0.3, -0.25) is 0 Å². The third-order valence-corrected chi connectivity index (χ3v) is 2.52. The highest BCUT2D eigenvalue weighted by atomic mass is 16.7. The highest BCUT2D eigenvalue weighted by molar-refractivity contribution is 5.05. The molecule has 0 radical (unpaired) electrons. The minimum atomic E-state index is -0.605. The lowest BCUT2D eigenvalue weighted by atomic mass is 10.1. The van der Waals surface area contributed by atoms with Crippen molar-refractivity contribution >= 4 is 0 Å². The Bertz CT molecular complexity index is 330. The lowest BCUT2D eigenvalue weighted by molar-refractivity contribution is -0.139. The number of hydrogen-bond acceptors (Lipinski definition) is 4. The lowest BCUT2D eigenvalue weighted by Crippen LogP contribution is -2.21. The summed E-state index contributed by atoms with van der Waals surface area (Å²) >= 11 is 0. The van der Waals surface area contributed by atoms with Crippen LogP contribution in [-0.4, -0.2) is 24.1 Å². The molecule has 1 saturated heterocycles. The van der Waals surface area contributed by atoms with Gasteiger partial charge in [0.05, 0.1) is 0 Å². The van der Waals surface area contributed by atoms with Crippen LogP contribution in [0.4, 0.5) is 0 Å². The van der Waals surface area contributed by atoms with E-state index in [4.69, 9.17) is 19.5 Å². The average Bonchev–Trinajstić information content (AvgIpc) is 2.59. The molecule has 1 aliphatic rings. The largest absolute Gasteiger partial charge is 0.420 e. The molecule has 1 fully saturated rings. The van der Waals surface area contributed by atoms with Crippen LogP contribution in [0, 0.1) is 11.5 Å². The summed E-state index contributed by atoms with van der Waals surface area (Å²) in [5, 5.41) is 8.46. The number of ether oxygens (including phenoxy) is 3. The van der Waals surface area contributed by atoms with E-state index in [1.807, 2.05) is 32.9 Å². The van der Waals surface area contributed by atoms with Gasteiger partial charge in [0.15, 0.2) is 5.79 Å². The fourth-order valence-electron chi connectivity index (χ4n) is 1.71. The third-order valence-electron chi connectivity index (χ3n) is 2.52. The summed E-state index contributed by atoms with van der Waals surface area (Å²) in [6.07, 6.45) is 7.28. The van der Waals surface area contributed by atoms with E-state index >= 15 is 0 Å². The van der Waals surface area contributed by atoms with Crippen molar-refractivity contribution in [2.24, 2.45) is 0 Å². The van der Waals surface area contributed by atoms with Crippen LogP contribution in [0.15, 0.2) is 24.8 Å². The van der Waals surface area contributed by atoms with E-state index in [2.05, 4.69) is 6.58 Å². The summed E-state index contributed by atoms with van der Waals surface area (Å²) in [6.45, 7) is 9.39. The molecule has 0 N–H and O–H groups in total. The van der Waals surface area contributed by atoms with Crippen LogP contribution < -0.4 is 0 Å². The zero-order valence-corrected chi connectivity index (χ0v) is 10.6. The highest BCUT2D eigenvalue weighted by Gasteiger charge is 2.38. The Morgan fingerprint density at radius 1 is 1.47 bits per heavy atom. The van der Waals surface area contributed by atoms with E-state index in [1.165, 1.54) is 0 Å². The highest BCUT2D eigenvalue weighted by Crippen LogP contribution is 2.29. The summed E-state index contributed by atoms with van der Waals surface area (Å²) in [7, 11) is 0. The number of rotatable bonds is 5. The smallest absolute Gasteiger partial charge is 0.286 e. The molecular formula is C13H19NO3. The Morgan fingerprint density at radius 3 is 2.65 bits per heavy atom. The van der Waals surface area contributed by atoms with Crippen molar-refractivity contribution in [1.29, 1.82) is 5.26 Å². The molecule has 0 aromatic carbocycles. The summed E-state index contributed by atoms with van der Waals surface area (Å²) in [4.78, 5) is 0. The maximum atomic E-state index is 8.46. The van der Waals surface area contributed by atoms with E-state index in [0.29, 0.717) is 0 Å². The first-order valence-electron chi connectivity index (χ1n) is 5.73. The number of nitrogens with zero attached hydrogens (tertiary/aromatic N) is 1. The summed E-state index contributed by atoms with van der Waals surface area (Å²) < 4.78 is 16.2. The fraction of sp³-hybridized carbons (Fsp3) is 0.615. The van der Waals surface area contributed by atoms with Gasteiger partial charge >= 0.3 is 0 Å². The zero-order valence-electron chi connectivity index (χ0n) is 10.6. The monoisotopic (exact) mass is 237 g/mol. The number of hydrogen-bond donors (Lipinski definition) is 0. The van der Waals surface area contributed by atoms with Gasteiger partial charge in [0.1, 0.15) is 18.3 Å². The van der Waals surface area contributed by atoms with Gasteiger partial charge in [-0.15, -0.1) is 6.58 Å². The van der Waals surface area contributed by atoms with Gasteiger partial charge < -0.3 is 14.2 Å². The molecule has 0 unspecified atom stereocenters. The van der Waals surface area contributed by atoms with Crippen LogP contribution in [0.2, 0.25) is 0 Å². The summed E-state index contributed by atoms with van der Waals surface area (Å²) in [6, 6.07) is 0. The fourth-order valence-corrected chi connectivity index (χ4v) is 1.71. The Hall–Kier alpha value is -1.31. The summed E-state index contributed by atoms with van der Waals surface area (Å²) in [5.74, 6) is -0.605. The molecule has 0 aliphatic carbocycles. The first-order chi connectivity index (χ1) is 8.02.